The van der Waals surface area contributed by atoms with Crippen molar-refractivity contribution in [2.75, 3.05) is 26.4 Å². The molecule has 2 aromatic rings. The zero-order valence-corrected chi connectivity index (χ0v) is 23.8. The molecule has 0 bridgehead atoms. The van der Waals surface area contributed by atoms with E-state index >= 15 is 0 Å². The first-order chi connectivity index (χ1) is 20.9. The largest absolute Gasteiger partial charge is 0.490 e. The third kappa shape index (κ3) is 12.4. The summed E-state index contributed by atoms with van der Waals surface area (Å²) in [7, 11) is 0. The van der Waals surface area contributed by atoms with Gasteiger partial charge in [0.25, 0.3) is 0 Å². The highest BCUT2D eigenvalue weighted by atomic mass is 19.4. The molecule has 1 aromatic heterocycles. The van der Waals surface area contributed by atoms with Gasteiger partial charge in [0.05, 0.1) is 19.8 Å². The van der Waals surface area contributed by atoms with Crippen molar-refractivity contribution in [3.05, 3.63) is 36.7 Å². The number of aromatic nitrogens is 2. The van der Waals surface area contributed by atoms with Crippen LogP contribution in [0, 0.1) is 0 Å². The van der Waals surface area contributed by atoms with Gasteiger partial charge in [0, 0.05) is 24.4 Å². The van der Waals surface area contributed by atoms with Crippen LogP contribution in [0.15, 0.2) is 36.7 Å². The molecule has 0 unspecified atom stereocenters. The number of halogens is 11. The predicted molar refractivity (Wildman–Crippen MR) is 135 cm³/mol. The highest BCUT2D eigenvalue weighted by molar-refractivity contribution is 5.60. The zero-order valence-electron chi connectivity index (χ0n) is 23.8. The van der Waals surface area contributed by atoms with E-state index in [1.807, 2.05) is 4.74 Å². The fraction of sp³-hybridized carbons (Fsp3) is 0.630. The Bertz CT molecular complexity index is 1160. The lowest BCUT2D eigenvalue weighted by atomic mass is 10.1. The average Bonchev–Trinajstić information content (AvgIpc) is 2.93. The first-order valence-electron chi connectivity index (χ1n) is 13.6. The molecule has 1 aromatic carbocycles. The van der Waals surface area contributed by atoms with E-state index in [9.17, 15) is 48.3 Å². The van der Waals surface area contributed by atoms with E-state index in [1.165, 1.54) is 0 Å². The molecule has 2 rings (SSSR count). The molecule has 0 radical (unpaired) electrons. The first kappa shape index (κ1) is 38.2. The zero-order chi connectivity index (χ0) is 33.8. The molecule has 0 fully saturated rings. The highest BCUT2D eigenvalue weighted by Crippen LogP contribution is 2.47. The van der Waals surface area contributed by atoms with E-state index in [1.54, 1.807) is 36.7 Å². The van der Waals surface area contributed by atoms with Gasteiger partial charge in [-0.15, -0.1) is 0 Å². The summed E-state index contributed by atoms with van der Waals surface area (Å²) < 4.78 is 162. The Morgan fingerprint density at radius 2 is 1.20 bits per heavy atom. The number of rotatable bonds is 21. The van der Waals surface area contributed by atoms with Crippen molar-refractivity contribution in [1.29, 1.82) is 0 Å². The molecule has 0 aliphatic carbocycles. The summed E-state index contributed by atoms with van der Waals surface area (Å²) >= 11 is 0. The van der Waals surface area contributed by atoms with Crippen LogP contribution >= 0.6 is 0 Å². The molecule has 1 heterocycles. The molecular weight excluding hydrogens is 641 g/mol. The summed E-state index contributed by atoms with van der Waals surface area (Å²) in [4.78, 5) is 8.33. The molecule has 45 heavy (non-hydrogen) atoms. The minimum atomic E-state index is -6.85. The van der Waals surface area contributed by atoms with Crippen LogP contribution in [0.5, 0.6) is 11.5 Å². The van der Waals surface area contributed by atoms with Crippen molar-refractivity contribution >= 4 is 0 Å². The lowest BCUT2D eigenvalue weighted by molar-refractivity contribution is -0.537. The number of hydrogen-bond acceptors (Lipinski definition) is 7. The number of hydrogen-bond donors (Lipinski definition) is 0. The molecule has 18 heteroatoms. The van der Waals surface area contributed by atoms with Crippen LogP contribution in [0.25, 0.3) is 11.4 Å². The number of benzene rings is 1. The first-order valence-corrected chi connectivity index (χ1v) is 13.6. The summed E-state index contributed by atoms with van der Waals surface area (Å²) in [6.07, 6.45) is -23.3. The second-order valence-electron chi connectivity index (χ2n) is 9.49. The van der Waals surface area contributed by atoms with Gasteiger partial charge in [-0.3, -0.25) is 0 Å². The van der Waals surface area contributed by atoms with E-state index in [-0.39, 0.29) is 18.8 Å². The number of nitrogens with zero attached hydrogens (tertiary/aromatic N) is 2. The third-order valence-corrected chi connectivity index (χ3v) is 5.69. The van der Waals surface area contributed by atoms with Gasteiger partial charge in [0.1, 0.15) is 6.61 Å². The molecule has 0 amide bonds. The molecule has 0 spiro atoms. The van der Waals surface area contributed by atoms with E-state index < -0.39 is 43.8 Å². The average molecular weight is 673 g/mol. The summed E-state index contributed by atoms with van der Waals surface area (Å²) in [5.41, 5.74) is 0.612. The van der Waals surface area contributed by atoms with Gasteiger partial charge in [0.2, 0.25) is 0 Å². The monoisotopic (exact) mass is 672 g/mol. The van der Waals surface area contributed by atoms with Crippen molar-refractivity contribution < 1.29 is 72.0 Å². The van der Waals surface area contributed by atoms with Crippen LogP contribution in [0.1, 0.15) is 51.9 Å². The predicted octanol–water partition coefficient (Wildman–Crippen LogP) is 8.64. The normalized spacial score (nSPS) is 13.2. The van der Waals surface area contributed by atoms with Crippen LogP contribution in [0.4, 0.5) is 48.3 Å². The molecule has 7 nitrogen and oxygen atoms in total. The van der Waals surface area contributed by atoms with Gasteiger partial charge >= 0.3 is 30.6 Å². The van der Waals surface area contributed by atoms with Gasteiger partial charge in [0.15, 0.2) is 17.3 Å². The van der Waals surface area contributed by atoms with Crippen molar-refractivity contribution in [3.63, 3.8) is 0 Å². The summed E-state index contributed by atoms with van der Waals surface area (Å²) in [6.45, 7) is -0.425. The van der Waals surface area contributed by atoms with E-state index in [4.69, 9.17) is 9.47 Å². The number of alkyl halides is 11. The molecule has 0 saturated heterocycles. The molecular formula is C27H31F11N2O5. The second-order valence-corrected chi connectivity index (χ2v) is 9.49. The quantitative estimate of drug-likeness (QED) is 0.0972. The SMILES string of the molecule is CCCCCCCCOc1cc(-c2ncccn2)ccc1OCCCOCC(F)(F)OC(F)(F)C(F)(F)OC(F)(F)C(F)(F)F. The summed E-state index contributed by atoms with van der Waals surface area (Å²) in [6, 6.07) is 6.47. The molecule has 0 N–H and O–H groups in total. The van der Waals surface area contributed by atoms with Gasteiger partial charge < -0.3 is 14.2 Å². The standard InChI is InChI=1S/C27H31F11N2O5/c1-2-3-4-5-6-7-15-43-21-17-19(22-39-12-8-13-40-22)10-11-20(21)42-16-9-14-41-18-23(28,29)44-26(35,36)27(37,38)45-25(33,34)24(30,31)32/h8,10-13,17H,2-7,9,14-16,18H2,1H3. The van der Waals surface area contributed by atoms with Gasteiger partial charge in [-0.25, -0.2) is 19.4 Å². The van der Waals surface area contributed by atoms with Crippen molar-refractivity contribution in [2.24, 2.45) is 0 Å². The van der Waals surface area contributed by atoms with E-state index in [2.05, 4.69) is 26.4 Å². The third-order valence-electron chi connectivity index (χ3n) is 5.69. The van der Waals surface area contributed by atoms with Crippen molar-refractivity contribution in [1.82, 2.24) is 9.97 Å². The van der Waals surface area contributed by atoms with Gasteiger partial charge in [-0.2, -0.15) is 48.3 Å². The molecule has 0 saturated carbocycles. The lowest BCUT2D eigenvalue weighted by Crippen LogP contribution is -2.55. The maximum atomic E-state index is 13.7. The van der Waals surface area contributed by atoms with Crippen LogP contribution in [0.3, 0.4) is 0 Å². The molecule has 256 valence electrons. The topological polar surface area (TPSA) is 71.9 Å². The minimum absolute atomic E-state index is 0.149. The highest BCUT2D eigenvalue weighted by Gasteiger charge is 2.72. The van der Waals surface area contributed by atoms with Crippen LogP contribution in [-0.4, -0.2) is 67.0 Å². The Morgan fingerprint density at radius 1 is 0.622 bits per heavy atom. The molecule has 0 aliphatic heterocycles. The Balaban J connectivity index is 1.89. The number of ether oxygens (including phenoxy) is 5. The van der Waals surface area contributed by atoms with Crippen LogP contribution in [0.2, 0.25) is 0 Å². The summed E-state index contributed by atoms with van der Waals surface area (Å²) in [5.74, 6) is 0.997. The minimum Gasteiger partial charge on any atom is -0.490 e. The Morgan fingerprint density at radius 3 is 1.84 bits per heavy atom. The Labute approximate surface area is 251 Å². The van der Waals surface area contributed by atoms with Crippen LogP contribution in [-0.2, 0) is 14.2 Å². The Kier molecular flexibility index (Phi) is 14.0. The lowest BCUT2D eigenvalue weighted by Gasteiger charge is -2.31. The van der Waals surface area contributed by atoms with E-state index in [0.717, 1.165) is 38.5 Å². The maximum absolute atomic E-state index is 13.7. The van der Waals surface area contributed by atoms with Crippen molar-refractivity contribution in [2.45, 2.75) is 82.5 Å². The molecule has 0 atom stereocenters. The van der Waals surface area contributed by atoms with E-state index in [0.29, 0.717) is 23.7 Å². The molecule has 0 aliphatic rings. The Hall–Kier alpha value is -2.99. The fourth-order valence-electron chi connectivity index (χ4n) is 3.48. The summed E-state index contributed by atoms with van der Waals surface area (Å²) in [5, 5.41) is 0. The maximum Gasteiger partial charge on any atom is 0.483 e. The van der Waals surface area contributed by atoms with Crippen molar-refractivity contribution in [3.8, 4) is 22.9 Å². The second kappa shape index (κ2) is 16.5. The van der Waals surface area contributed by atoms with Crippen LogP contribution < -0.4 is 9.47 Å². The fourth-order valence-corrected chi connectivity index (χ4v) is 3.48. The van der Waals surface area contributed by atoms with Gasteiger partial charge in [-0.1, -0.05) is 39.0 Å². The number of unbranched alkanes of at least 4 members (excludes halogenated alkanes) is 5. The smallest absolute Gasteiger partial charge is 0.483 e. The van der Waals surface area contributed by atoms with Gasteiger partial charge in [-0.05, 0) is 30.7 Å².